The van der Waals surface area contributed by atoms with Gasteiger partial charge in [0.25, 0.3) is 5.91 Å². The number of carbonyl (C=O) groups is 1. The standard InChI is InChI=1S/C25H31N9O.C5H12.C2H6/c1-12(9-10-26)23(29)34-25-16(6-5-13(2)31-25)15(4)32-22(24(30)35)21-14(3)20-17(11-27)18(28)7-8-19(20)33-21;1-4-5(2)3;1-2/h5-9,11,14,27,33H,10,26,28H2,1-4H3,(H2,30,35)(H2,29,31,34);5H,4H2,1-3H3;1-2H3/b12-9-,22-21+,27-11?,32-15?;;. The molecular weight excluding hydrogens is 526 g/mol. The van der Waals surface area contributed by atoms with Crippen LogP contribution >= 0.6 is 0 Å². The number of amides is 1. The summed E-state index contributed by atoms with van der Waals surface area (Å²) in [6.45, 7) is 18.3. The number of nitrogens with one attached hydrogen (secondary N) is 2. The number of aromatic nitrogens is 1. The second-order valence-corrected chi connectivity index (χ2v) is 10.1. The Hall–Kier alpha value is -4.31. The third-order valence-corrected chi connectivity index (χ3v) is 6.64. The molecule has 1 aliphatic heterocycles. The third kappa shape index (κ3) is 9.10. The van der Waals surface area contributed by atoms with Crippen molar-refractivity contribution in [3.05, 3.63) is 69.7 Å². The fourth-order valence-corrected chi connectivity index (χ4v) is 3.92. The van der Waals surface area contributed by atoms with Crippen LogP contribution in [0.15, 0.2) is 57.3 Å². The summed E-state index contributed by atoms with van der Waals surface area (Å²) in [5.74, 6) is 0.570. The summed E-state index contributed by atoms with van der Waals surface area (Å²) in [5, 5.41) is 11.0. The van der Waals surface area contributed by atoms with E-state index in [-0.39, 0.29) is 17.5 Å². The van der Waals surface area contributed by atoms with Gasteiger partial charge in [-0.15, -0.1) is 0 Å². The minimum absolute atomic E-state index is 0.0726. The van der Waals surface area contributed by atoms with Gasteiger partial charge in [0.05, 0.1) is 5.70 Å². The molecular formula is C32H49N9O. The van der Waals surface area contributed by atoms with E-state index in [0.29, 0.717) is 40.6 Å². The summed E-state index contributed by atoms with van der Waals surface area (Å²) in [6, 6.07) is 7.18. The zero-order valence-electron chi connectivity index (χ0n) is 26.6. The number of aryl methyl sites for hydroxylation is 1. The molecule has 0 radical (unpaired) electrons. The second-order valence-electron chi connectivity index (χ2n) is 10.1. The topological polar surface area (TPSA) is 195 Å². The Morgan fingerprint density at radius 1 is 1.17 bits per heavy atom. The fraction of sp³-hybridized carbons (Fsp3) is 0.406. The number of aliphatic imine (C=N–C) groups is 2. The lowest BCUT2D eigenvalue weighted by Crippen LogP contribution is -2.19. The number of pyridine rings is 1. The molecule has 0 fully saturated rings. The molecule has 0 aliphatic carbocycles. The average molecular weight is 576 g/mol. The Labute approximate surface area is 251 Å². The van der Waals surface area contributed by atoms with Crippen molar-refractivity contribution in [2.45, 2.75) is 74.7 Å². The Morgan fingerprint density at radius 2 is 1.79 bits per heavy atom. The van der Waals surface area contributed by atoms with Crippen molar-refractivity contribution in [3.63, 3.8) is 0 Å². The summed E-state index contributed by atoms with van der Waals surface area (Å²) >= 11 is 0. The zero-order chi connectivity index (χ0) is 32.1. The highest BCUT2D eigenvalue weighted by Gasteiger charge is 2.31. The number of rotatable bonds is 8. The van der Waals surface area contributed by atoms with Crippen LogP contribution in [0.2, 0.25) is 0 Å². The molecule has 0 bridgehead atoms. The number of anilines is 2. The number of carbonyl (C=O) groups excluding carboxylic acids is 1. The Morgan fingerprint density at radius 3 is 2.31 bits per heavy atom. The van der Waals surface area contributed by atoms with E-state index in [1.807, 2.05) is 52.8 Å². The van der Waals surface area contributed by atoms with Gasteiger partial charge in [-0.1, -0.05) is 54.0 Å². The van der Waals surface area contributed by atoms with Crippen LogP contribution in [0.4, 0.5) is 17.2 Å². The van der Waals surface area contributed by atoms with E-state index in [1.54, 1.807) is 19.1 Å². The van der Waals surface area contributed by atoms with Crippen molar-refractivity contribution in [1.82, 2.24) is 4.98 Å². The molecule has 2 heterocycles. The van der Waals surface area contributed by atoms with Crippen LogP contribution in [-0.4, -0.2) is 35.2 Å². The summed E-state index contributed by atoms with van der Waals surface area (Å²) < 4.78 is 0. The first-order valence-corrected chi connectivity index (χ1v) is 14.3. The van der Waals surface area contributed by atoms with Gasteiger partial charge in [0.1, 0.15) is 11.5 Å². The lowest BCUT2D eigenvalue weighted by atomic mass is 9.94. The Bertz CT molecular complexity index is 1380. The maximum atomic E-state index is 12.5. The van der Waals surface area contributed by atoms with E-state index in [2.05, 4.69) is 41.1 Å². The first-order chi connectivity index (χ1) is 19.9. The van der Waals surface area contributed by atoms with Gasteiger partial charge in [-0.2, -0.15) is 0 Å². The van der Waals surface area contributed by atoms with Crippen LogP contribution in [0.5, 0.6) is 0 Å². The van der Waals surface area contributed by atoms with Crippen molar-refractivity contribution in [3.8, 4) is 0 Å². The SMILES string of the molecule is CC.CC(=N/C(C(N)=O)=C1/Nc2ccc(N)c(C=N)c2C1C)c1ccc(C)nc1/N=C(N)\C(C)=C/CN.CCC(C)C. The molecule has 0 saturated heterocycles. The minimum atomic E-state index is -0.692. The van der Waals surface area contributed by atoms with Crippen molar-refractivity contribution in [2.75, 3.05) is 17.6 Å². The highest BCUT2D eigenvalue weighted by molar-refractivity contribution is 6.07. The van der Waals surface area contributed by atoms with Gasteiger partial charge in [-0.3, -0.25) is 4.79 Å². The number of primary amides is 1. The quantitative estimate of drug-likeness (QED) is 0.101. The van der Waals surface area contributed by atoms with Gasteiger partial charge in [0.2, 0.25) is 0 Å². The van der Waals surface area contributed by atoms with E-state index >= 15 is 0 Å². The molecule has 1 atom stereocenters. The highest BCUT2D eigenvalue weighted by Crippen LogP contribution is 2.43. The normalized spacial score (nSPS) is 16.0. The molecule has 1 unspecified atom stereocenters. The van der Waals surface area contributed by atoms with E-state index in [0.717, 1.165) is 28.4 Å². The largest absolute Gasteiger partial charge is 0.398 e. The van der Waals surface area contributed by atoms with Crippen molar-refractivity contribution in [1.29, 1.82) is 5.41 Å². The first-order valence-electron chi connectivity index (χ1n) is 14.3. The molecule has 1 aromatic carbocycles. The van der Waals surface area contributed by atoms with E-state index in [4.69, 9.17) is 28.3 Å². The molecule has 3 rings (SSSR count). The van der Waals surface area contributed by atoms with Crippen LogP contribution in [0.25, 0.3) is 0 Å². The number of nitrogens with two attached hydrogens (primary N) is 4. The van der Waals surface area contributed by atoms with E-state index in [9.17, 15) is 4.79 Å². The number of benzene rings is 1. The van der Waals surface area contributed by atoms with Crippen LogP contribution in [0, 0.1) is 18.3 Å². The van der Waals surface area contributed by atoms with Crippen LogP contribution in [-0.2, 0) is 4.79 Å². The molecule has 1 aliphatic rings. The summed E-state index contributed by atoms with van der Waals surface area (Å²) in [7, 11) is 0. The number of hydrogen-bond acceptors (Lipinski definition) is 8. The molecule has 42 heavy (non-hydrogen) atoms. The molecule has 2 aromatic rings. The summed E-state index contributed by atoms with van der Waals surface area (Å²) in [5.41, 5.74) is 29.4. The monoisotopic (exact) mass is 575 g/mol. The molecule has 10 N–H and O–H groups in total. The second kappa shape index (κ2) is 16.8. The highest BCUT2D eigenvalue weighted by atomic mass is 16.1. The Balaban J connectivity index is 0.00000114. The molecule has 1 aromatic heterocycles. The molecule has 228 valence electrons. The molecule has 10 heteroatoms. The van der Waals surface area contributed by atoms with Gasteiger partial charge in [-0.25, -0.2) is 15.0 Å². The number of nitrogen functional groups attached to an aromatic ring is 1. The van der Waals surface area contributed by atoms with E-state index in [1.165, 1.54) is 12.6 Å². The molecule has 10 nitrogen and oxygen atoms in total. The maximum Gasteiger partial charge on any atom is 0.269 e. The van der Waals surface area contributed by atoms with Crippen molar-refractivity contribution in [2.24, 2.45) is 33.1 Å². The number of allylic oxidation sites excluding steroid dienone is 1. The predicted octanol–water partition coefficient (Wildman–Crippen LogP) is 5.68. The predicted molar refractivity (Wildman–Crippen MR) is 179 cm³/mol. The lowest BCUT2D eigenvalue weighted by Gasteiger charge is -2.13. The summed E-state index contributed by atoms with van der Waals surface area (Å²) in [6.07, 6.45) is 4.28. The smallest absolute Gasteiger partial charge is 0.269 e. The van der Waals surface area contributed by atoms with Crippen molar-refractivity contribution < 1.29 is 4.79 Å². The molecule has 1 amide bonds. The average Bonchev–Trinajstić information content (AvgIpc) is 3.28. The maximum absolute atomic E-state index is 12.5. The number of nitrogens with zero attached hydrogens (tertiary/aromatic N) is 3. The van der Waals surface area contributed by atoms with Gasteiger partial charge in [0, 0.05) is 52.6 Å². The van der Waals surface area contributed by atoms with Crippen LogP contribution in [0.3, 0.4) is 0 Å². The van der Waals surface area contributed by atoms with Gasteiger partial charge in [0.15, 0.2) is 5.82 Å². The molecule has 0 spiro atoms. The molecule has 0 saturated carbocycles. The number of hydrogen-bond donors (Lipinski definition) is 6. The van der Waals surface area contributed by atoms with E-state index < -0.39 is 5.91 Å². The zero-order valence-corrected chi connectivity index (χ0v) is 26.6. The van der Waals surface area contributed by atoms with Gasteiger partial charge < -0.3 is 33.7 Å². The number of amidine groups is 1. The summed E-state index contributed by atoms with van der Waals surface area (Å²) in [4.78, 5) is 26.1. The minimum Gasteiger partial charge on any atom is -0.398 e. The van der Waals surface area contributed by atoms with Crippen LogP contribution in [0.1, 0.15) is 90.1 Å². The lowest BCUT2D eigenvalue weighted by molar-refractivity contribution is -0.114. The third-order valence-electron chi connectivity index (χ3n) is 6.64. The van der Waals surface area contributed by atoms with Crippen molar-refractivity contribution >= 4 is 40.9 Å². The van der Waals surface area contributed by atoms with Gasteiger partial charge in [-0.05, 0) is 62.1 Å². The van der Waals surface area contributed by atoms with Gasteiger partial charge >= 0.3 is 0 Å². The number of fused-ring (bicyclic) bond motifs is 1. The van der Waals surface area contributed by atoms with Crippen LogP contribution < -0.4 is 28.3 Å². The Kier molecular flexibility index (Phi) is 14.3. The fourth-order valence-electron chi connectivity index (χ4n) is 3.92. The first kappa shape index (κ1) is 35.7.